The summed E-state index contributed by atoms with van der Waals surface area (Å²) in [5.74, 6) is 2.79. The van der Waals surface area contributed by atoms with Gasteiger partial charge >= 0.3 is 0 Å². The molecule has 0 radical (unpaired) electrons. The van der Waals surface area contributed by atoms with Crippen LogP contribution in [0, 0.1) is 46.3 Å². The van der Waals surface area contributed by atoms with E-state index < -0.39 is 0 Å². The zero-order valence-electron chi connectivity index (χ0n) is 17.6. The molecule has 0 spiro atoms. The van der Waals surface area contributed by atoms with Gasteiger partial charge in [0, 0.05) is 12.3 Å². The summed E-state index contributed by atoms with van der Waals surface area (Å²) in [6.45, 7) is 13.8. The number of hydrogen-bond acceptors (Lipinski definition) is 2. The maximum atomic E-state index is 12.7. The van der Waals surface area contributed by atoms with E-state index in [0.29, 0.717) is 47.2 Å². The third kappa shape index (κ3) is 2.81. The fourth-order valence-electron chi connectivity index (χ4n) is 7.77. The summed E-state index contributed by atoms with van der Waals surface area (Å²) in [4.78, 5) is 24.6. The Kier molecular flexibility index (Phi) is 4.56. The molecule has 0 aromatic heterocycles. The van der Waals surface area contributed by atoms with Crippen LogP contribution >= 0.6 is 0 Å². The number of carbonyl (C=O) groups excluding carboxylic acids is 2. The molecule has 27 heavy (non-hydrogen) atoms. The van der Waals surface area contributed by atoms with Gasteiger partial charge in [0.1, 0.15) is 12.1 Å². The van der Waals surface area contributed by atoms with E-state index >= 15 is 0 Å². The summed E-state index contributed by atoms with van der Waals surface area (Å²) in [6, 6.07) is 0. The second-order valence-corrected chi connectivity index (χ2v) is 11.0. The van der Waals surface area contributed by atoms with E-state index in [1.54, 1.807) is 0 Å². The number of Topliss-reactive ketones (excluding diaryl/α,β-unsaturated/α-hetero) is 1. The van der Waals surface area contributed by atoms with Crippen molar-refractivity contribution >= 4 is 12.1 Å². The second kappa shape index (κ2) is 6.42. The quantitative estimate of drug-likeness (QED) is 0.458. The number of rotatable bonds is 2. The lowest BCUT2D eigenvalue weighted by molar-refractivity contribution is -0.122. The van der Waals surface area contributed by atoms with Crippen LogP contribution in [0.5, 0.6) is 0 Å². The standard InChI is InChI=1S/C25H36O2/c1-15(2)18-8-9-24(4)10-11-25(5)13-19-16(3)12-21(27)22(19)17(14-26)6-7-20(25)23(18)24/h6,14,16,18-20,22-23H,1,7-13H2,2-5H3/t16-,18+,19-,20-,22-,23+,24-,25+/m0/s1. The molecule has 0 unspecified atom stereocenters. The molecule has 2 heteroatoms. The molecule has 8 atom stereocenters. The number of carbonyl (C=O) groups is 2. The number of allylic oxidation sites excluding steroid dienone is 3. The van der Waals surface area contributed by atoms with Gasteiger partial charge in [0.15, 0.2) is 0 Å². The van der Waals surface area contributed by atoms with Crippen molar-refractivity contribution in [1.29, 1.82) is 0 Å². The van der Waals surface area contributed by atoms with E-state index in [1.807, 2.05) is 0 Å². The summed E-state index contributed by atoms with van der Waals surface area (Å²) in [7, 11) is 0. The molecule has 4 aliphatic rings. The van der Waals surface area contributed by atoms with Gasteiger partial charge in [-0.2, -0.15) is 0 Å². The van der Waals surface area contributed by atoms with Crippen molar-refractivity contribution in [2.24, 2.45) is 46.3 Å². The van der Waals surface area contributed by atoms with Crippen LogP contribution in [-0.4, -0.2) is 12.1 Å². The Morgan fingerprint density at radius 3 is 2.59 bits per heavy atom. The van der Waals surface area contributed by atoms with Crippen molar-refractivity contribution < 1.29 is 9.59 Å². The van der Waals surface area contributed by atoms with Crippen molar-refractivity contribution in [3.8, 4) is 0 Å². The van der Waals surface area contributed by atoms with E-state index in [4.69, 9.17) is 0 Å². The summed E-state index contributed by atoms with van der Waals surface area (Å²) in [5.41, 5.74) is 2.82. The van der Waals surface area contributed by atoms with Crippen LogP contribution in [0.25, 0.3) is 0 Å². The Morgan fingerprint density at radius 1 is 1.22 bits per heavy atom. The van der Waals surface area contributed by atoms with Gasteiger partial charge < -0.3 is 0 Å². The average molecular weight is 369 g/mol. The number of ketones is 1. The lowest BCUT2D eigenvalue weighted by atomic mass is 9.49. The average Bonchev–Trinajstić information content (AvgIpc) is 3.07. The third-order valence-corrected chi connectivity index (χ3v) is 9.33. The molecular formula is C25H36O2. The summed E-state index contributed by atoms with van der Waals surface area (Å²) in [6.07, 6.45) is 11.0. The van der Waals surface area contributed by atoms with Gasteiger partial charge in [0.05, 0.1) is 0 Å². The molecule has 0 saturated heterocycles. The molecule has 2 nitrogen and oxygen atoms in total. The first-order valence-electron chi connectivity index (χ1n) is 11.0. The summed E-state index contributed by atoms with van der Waals surface area (Å²) < 4.78 is 0. The molecule has 4 aliphatic carbocycles. The first-order chi connectivity index (χ1) is 12.7. The normalized spacial score (nSPS) is 49.3. The molecule has 0 aliphatic heterocycles. The van der Waals surface area contributed by atoms with E-state index in [0.717, 1.165) is 24.7 Å². The summed E-state index contributed by atoms with van der Waals surface area (Å²) >= 11 is 0. The maximum Gasteiger partial charge on any atom is 0.146 e. The van der Waals surface area contributed by atoms with E-state index in [2.05, 4.69) is 40.3 Å². The lowest BCUT2D eigenvalue weighted by Crippen LogP contribution is -2.48. The number of hydrogen-bond donors (Lipinski definition) is 0. The molecule has 0 aromatic rings. The van der Waals surface area contributed by atoms with Crippen LogP contribution in [0.4, 0.5) is 0 Å². The highest BCUT2D eigenvalue weighted by atomic mass is 16.1. The Bertz CT molecular complexity index is 703. The zero-order valence-corrected chi connectivity index (χ0v) is 17.6. The van der Waals surface area contributed by atoms with Crippen LogP contribution in [0.3, 0.4) is 0 Å². The molecule has 0 N–H and O–H groups in total. The van der Waals surface area contributed by atoms with Crippen LogP contribution in [-0.2, 0) is 9.59 Å². The highest BCUT2D eigenvalue weighted by Crippen LogP contribution is 2.66. The predicted molar refractivity (Wildman–Crippen MR) is 109 cm³/mol. The van der Waals surface area contributed by atoms with E-state index in [1.165, 1.54) is 31.3 Å². The van der Waals surface area contributed by atoms with Crippen molar-refractivity contribution in [2.75, 3.05) is 0 Å². The van der Waals surface area contributed by atoms with Crippen LogP contribution in [0.1, 0.15) is 72.6 Å². The monoisotopic (exact) mass is 368 g/mol. The molecule has 3 fully saturated rings. The Labute approximate surface area is 164 Å². The highest BCUT2D eigenvalue weighted by Gasteiger charge is 2.58. The second-order valence-electron chi connectivity index (χ2n) is 11.0. The SMILES string of the molecule is C=C(C)[C@H]1CC[C@@]2(C)CC[C@]3(C)C[C@@H]4[C@@H](C(=O)C[C@@H]4C)C(C=O)=CC[C@H]3[C@@H]12. The molecule has 0 aromatic carbocycles. The minimum Gasteiger partial charge on any atom is -0.299 e. The molecule has 148 valence electrons. The molecule has 0 bridgehead atoms. The molecule has 0 heterocycles. The van der Waals surface area contributed by atoms with Gasteiger partial charge in [-0.1, -0.05) is 39.0 Å². The smallest absolute Gasteiger partial charge is 0.146 e. The third-order valence-electron chi connectivity index (χ3n) is 9.33. The number of fused-ring (bicyclic) bond motifs is 4. The van der Waals surface area contributed by atoms with Crippen LogP contribution < -0.4 is 0 Å². The maximum absolute atomic E-state index is 12.7. The number of aldehydes is 1. The van der Waals surface area contributed by atoms with Crippen molar-refractivity contribution in [3.63, 3.8) is 0 Å². The minimum atomic E-state index is -0.135. The Morgan fingerprint density at radius 2 is 1.93 bits per heavy atom. The van der Waals surface area contributed by atoms with E-state index in [9.17, 15) is 9.59 Å². The van der Waals surface area contributed by atoms with Crippen LogP contribution in [0.2, 0.25) is 0 Å². The van der Waals surface area contributed by atoms with Gasteiger partial charge in [0.2, 0.25) is 0 Å². The Balaban J connectivity index is 1.78. The van der Waals surface area contributed by atoms with Gasteiger partial charge in [-0.3, -0.25) is 9.59 Å². The molecule has 3 saturated carbocycles. The van der Waals surface area contributed by atoms with Gasteiger partial charge in [-0.25, -0.2) is 0 Å². The van der Waals surface area contributed by atoms with Crippen molar-refractivity contribution in [1.82, 2.24) is 0 Å². The molecule has 0 amide bonds. The predicted octanol–water partition coefficient (Wildman–Crippen LogP) is 5.77. The first-order valence-corrected chi connectivity index (χ1v) is 11.0. The van der Waals surface area contributed by atoms with Crippen LogP contribution in [0.15, 0.2) is 23.8 Å². The fraction of sp³-hybridized carbons (Fsp3) is 0.760. The fourth-order valence-corrected chi connectivity index (χ4v) is 7.77. The summed E-state index contributed by atoms with van der Waals surface area (Å²) in [5, 5.41) is 0. The zero-order chi connectivity index (χ0) is 19.6. The van der Waals surface area contributed by atoms with Gasteiger partial charge in [-0.15, -0.1) is 0 Å². The van der Waals surface area contributed by atoms with E-state index in [-0.39, 0.29) is 11.3 Å². The topological polar surface area (TPSA) is 34.1 Å². The van der Waals surface area contributed by atoms with Gasteiger partial charge in [-0.05, 0) is 91.4 Å². The lowest BCUT2D eigenvalue weighted by Gasteiger charge is -2.55. The van der Waals surface area contributed by atoms with Crippen molar-refractivity contribution in [2.45, 2.75) is 72.6 Å². The van der Waals surface area contributed by atoms with Gasteiger partial charge in [0.25, 0.3) is 0 Å². The molecule has 4 rings (SSSR count). The first kappa shape index (κ1) is 19.2. The Hall–Kier alpha value is -1.18. The molecular weight excluding hydrogens is 332 g/mol. The highest BCUT2D eigenvalue weighted by molar-refractivity contribution is 5.93. The van der Waals surface area contributed by atoms with Crippen molar-refractivity contribution in [3.05, 3.63) is 23.8 Å². The largest absolute Gasteiger partial charge is 0.299 e. The minimum absolute atomic E-state index is 0.135.